The van der Waals surface area contributed by atoms with Crippen molar-refractivity contribution >= 4 is 35.5 Å². The van der Waals surface area contributed by atoms with Crippen LogP contribution in [0, 0.1) is 0 Å². The second-order valence-corrected chi connectivity index (χ2v) is 5.86. The van der Waals surface area contributed by atoms with Crippen molar-refractivity contribution in [2.24, 2.45) is 0 Å². The highest BCUT2D eigenvalue weighted by Gasteiger charge is 2.36. The molecule has 2 aliphatic heterocycles. The van der Waals surface area contributed by atoms with E-state index in [9.17, 15) is 14.4 Å². The van der Waals surface area contributed by atoms with Crippen molar-refractivity contribution in [2.45, 2.75) is 0 Å². The van der Waals surface area contributed by atoms with Crippen LogP contribution in [0.3, 0.4) is 0 Å². The zero-order valence-corrected chi connectivity index (χ0v) is 13.6. The van der Waals surface area contributed by atoms with Crippen LogP contribution in [0.2, 0.25) is 5.02 Å². The number of hydrogen-bond acceptors (Lipinski definition) is 4. The van der Waals surface area contributed by atoms with E-state index in [1.807, 2.05) is 0 Å². The lowest BCUT2D eigenvalue weighted by atomic mass is 10.2. The smallest absolute Gasteiger partial charge is 0.329 e. The molecule has 2 saturated heterocycles. The number of nitrogens with zero attached hydrogens (tertiary/aromatic N) is 2. The van der Waals surface area contributed by atoms with Gasteiger partial charge in [0.25, 0.3) is 5.91 Å². The van der Waals surface area contributed by atoms with Crippen molar-refractivity contribution in [3.63, 3.8) is 0 Å². The van der Waals surface area contributed by atoms with E-state index in [2.05, 4.69) is 5.32 Å². The van der Waals surface area contributed by atoms with Crippen LogP contribution in [-0.2, 0) is 14.3 Å². The van der Waals surface area contributed by atoms with Gasteiger partial charge in [-0.25, -0.2) is 9.69 Å². The highest BCUT2D eigenvalue weighted by molar-refractivity contribution is 6.30. The van der Waals surface area contributed by atoms with Gasteiger partial charge in [0.2, 0.25) is 5.91 Å². The molecular weight excluding hydrogens is 334 g/mol. The number of imide groups is 1. The molecule has 2 aliphatic rings. The third kappa shape index (κ3) is 3.58. The van der Waals surface area contributed by atoms with E-state index in [0.29, 0.717) is 31.3 Å². The highest BCUT2D eigenvalue weighted by atomic mass is 35.5. The lowest BCUT2D eigenvalue weighted by molar-refractivity contribution is -0.139. The first-order chi connectivity index (χ1) is 11.5. The summed E-state index contributed by atoms with van der Waals surface area (Å²) in [6.07, 6.45) is 1.55. The monoisotopic (exact) mass is 349 g/mol. The van der Waals surface area contributed by atoms with Gasteiger partial charge in [0.15, 0.2) is 0 Å². The molecule has 0 aromatic heterocycles. The van der Waals surface area contributed by atoms with Crippen LogP contribution in [0.5, 0.6) is 0 Å². The number of hydrogen-bond donors (Lipinski definition) is 1. The predicted molar refractivity (Wildman–Crippen MR) is 87.1 cm³/mol. The van der Waals surface area contributed by atoms with E-state index >= 15 is 0 Å². The Kier molecular flexibility index (Phi) is 4.82. The number of rotatable bonds is 3. The number of halogens is 1. The van der Waals surface area contributed by atoms with Gasteiger partial charge in [0.1, 0.15) is 12.2 Å². The molecule has 3 rings (SSSR count). The Morgan fingerprint density at radius 1 is 1.21 bits per heavy atom. The highest BCUT2D eigenvalue weighted by Crippen LogP contribution is 2.16. The average molecular weight is 350 g/mol. The van der Waals surface area contributed by atoms with Gasteiger partial charge >= 0.3 is 6.03 Å². The Balaban J connectivity index is 1.69. The molecule has 0 unspecified atom stereocenters. The molecular formula is C16H16ClN3O4. The first-order valence-electron chi connectivity index (χ1n) is 7.50. The van der Waals surface area contributed by atoms with Gasteiger partial charge in [0, 0.05) is 18.1 Å². The maximum atomic E-state index is 12.4. The molecule has 1 aromatic carbocycles. The number of carbonyl (C=O) groups is 3. The quantitative estimate of drug-likeness (QED) is 0.654. The molecule has 0 aliphatic carbocycles. The van der Waals surface area contributed by atoms with Crippen molar-refractivity contribution in [2.75, 3.05) is 32.8 Å². The summed E-state index contributed by atoms with van der Waals surface area (Å²) >= 11 is 5.82. The van der Waals surface area contributed by atoms with Crippen LogP contribution in [0.4, 0.5) is 4.79 Å². The standard InChI is InChI=1S/C16H16ClN3O4/c17-12-3-1-11(2-4-12)9-13-15(22)20(16(23)18-13)10-14(21)19-5-7-24-8-6-19/h1-4,9H,5-8,10H2,(H,18,23)/b13-9-. The topological polar surface area (TPSA) is 79.0 Å². The number of ether oxygens (including phenoxy) is 1. The fourth-order valence-electron chi connectivity index (χ4n) is 2.49. The second kappa shape index (κ2) is 7.02. The number of carbonyl (C=O) groups excluding carboxylic acids is 3. The van der Waals surface area contributed by atoms with Gasteiger partial charge in [-0.3, -0.25) is 9.59 Å². The van der Waals surface area contributed by atoms with Gasteiger partial charge in [-0.2, -0.15) is 0 Å². The Morgan fingerprint density at radius 3 is 2.54 bits per heavy atom. The van der Waals surface area contributed by atoms with Crippen LogP contribution in [0.1, 0.15) is 5.56 Å². The minimum atomic E-state index is -0.596. The zero-order chi connectivity index (χ0) is 17.1. The van der Waals surface area contributed by atoms with Crippen molar-refractivity contribution in [3.8, 4) is 0 Å². The maximum absolute atomic E-state index is 12.4. The number of nitrogens with one attached hydrogen (secondary N) is 1. The fraction of sp³-hybridized carbons (Fsp3) is 0.312. The van der Waals surface area contributed by atoms with Gasteiger partial charge in [0.05, 0.1) is 13.2 Å². The molecule has 8 heteroatoms. The first kappa shape index (κ1) is 16.5. The van der Waals surface area contributed by atoms with Crippen LogP contribution in [0.15, 0.2) is 30.0 Å². The molecule has 7 nitrogen and oxygen atoms in total. The van der Waals surface area contributed by atoms with Crippen LogP contribution in [-0.4, -0.2) is 60.5 Å². The summed E-state index contributed by atoms with van der Waals surface area (Å²) in [6.45, 7) is 1.59. The number of benzene rings is 1. The fourth-order valence-corrected chi connectivity index (χ4v) is 2.61. The molecule has 2 heterocycles. The molecule has 2 fully saturated rings. The summed E-state index contributed by atoms with van der Waals surface area (Å²) in [4.78, 5) is 39.1. The van der Waals surface area contributed by atoms with Crippen molar-refractivity contribution in [3.05, 3.63) is 40.5 Å². The molecule has 126 valence electrons. The van der Waals surface area contributed by atoms with Crippen molar-refractivity contribution in [1.82, 2.24) is 15.1 Å². The molecule has 1 N–H and O–H groups in total. The zero-order valence-electron chi connectivity index (χ0n) is 12.8. The third-order valence-corrected chi connectivity index (χ3v) is 4.05. The first-order valence-corrected chi connectivity index (χ1v) is 7.88. The van der Waals surface area contributed by atoms with Crippen LogP contribution in [0.25, 0.3) is 6.08 Å². The largest absolute Gasteiger partial charge is 0.378 e. The SMILES string of the molecule is O=C(CN1C(=O)N/C(=C\c2ccc(Cl)cc2)C1=O)N1CCOCC1. The van der Waals surface area contributed by atoms with Gasteiger partial charge in [-0.05, 0) is 23.8 Å². The molecule has 0 saturated carbocycles. The lowest BCUT2D eigenvalue weighted by Crippen LogP contribution is -2.47. The summed E-state index contributed by atoms with van der Waals surface area (Å²) < 4.78 is 5.18. The Bertz CT molecular complexity index is 696. The number of urea groups is 1. The van der Waals surface area contributed by atoms with E-state index < -0.39 is 11.9 Å². The van der Waals surface area contributed by atoms with E-state index in [1.54, 1.807) is 35.2 Å². The Hall–Kier alpha value is -2.38. The molecule has 0 radical (unpaired) electrons. The van der Waals surface area contributed by atoms with Crippen LogP contribution < -0.4 is 5.32 Å². The normalized spacial score (nSPS) is 19.8. The molecule has 24 heavy (non-hydrogen) atoms. The summed E-state index contributed by atoms with van der Waals surface area (Å²) in [7, 11) is 0. The second-order valence-electron chi connectivity index (χ2n) is 5.42. The van der Waals surface area contributed by atoms with Gasteiger partial charge in [-0.15, -0.1) is 0 Å². The Labute approximate surface area is 143 Å². The average Bonchev–Trinajstić information content (AvgIpc) is 2.85. The molecule has 1 aromatic rings. The van der Waals surface area contributed by atoms with Crippen molar-refractivity contribution in [1.29, 1.82) is 0 Å². The van der Waals surface area contributed by atoms with Gasteiger partial charge in [-0.1, -0.05) is 23.7 Å². The predicted octanol–water partition coefficient (Wildman–Crippen LogP) is 1.09. The van der Waals surface area contributed by atoms with E-state index in [0.717, 1.165) is 10.5 Å². The summed E-state index contributed by atoms with van der Waals surface area (Å²) in [5.74, 6) is -0.786. The molecule has 0 spiro atoms. The summed E-state index contributed by atoms with van der Waals surface area (Å²) in [5.41, 5.74) is 0.863. The minimum Gasteiger partial charge on any atom is -0.378 e. The van der Waals surface area contributed by atoms with Gasteiger partial charge < -0.3 is 15.0 Å². The number of morpholine rings is 1. The van der Waals surface area contributed by atoms with E-state index in [-0.39, 0.29) is 18.1 Å². The molecule has 4 amide bonds. The van der Waals surface area contributed by atoms with E-state index in [4.69, 9.17) is 16.3 Å². The molecule has 0 bridgehead atoms. The molecule has 0 atom stereocenters. The third-order valence-electron chi connectivity index (χ3n) is 3.80. The Morgan fingerprint density at radius 2 is 1.88 bits per heavy atom. The summed E-state index contributed by atoms with van der Waals surface area (Å²) in [6, 6.07) is 6.25. The lowest BCUT2D eigenvalue weighted by Gasteiger charge is -2.27. The van der Waals surface area contributed by atoms with Crippen LogP contribution >= 0.6 is 11.6 Å². The minimum absolute atomic E-state index is 0.136. The number of amides is 4. The van der Waals surface area contributed by atoms with Crippen molar-refractivity contribution < 1.29 is 19.1 Å². The maximum Gasteiger partial charge on any atom is 0.329 e. The van der Waals surface area contributed by atoms with E-state index in [1.165, 1.54) is 0 Å². The summed E-state index contributed by atoms with van der Waals surface area (Å²) in [5, 5.41) is 3.08.